The van der Waals surface area contributed by atoms with E-state index in [0.29, 0.717) is 38.1 Å². The molecule has 2 N–H and O–H groups in total. The first kappa shape index (κ1) is 24.0. The molecule has 1 aromatic carbocycles. The number of nitrogens with zero attached hydrogens (tertiary/aromatic N) is 4. The summed E-state index contributed by atoms with van der Waals surface area (Å²) in [4.78, 5) is 40.9. The number of amides is 1. The molecule has 8 nitrogen and oxygen atoms in total. The molecule has 10 heteroatoms. The van der Waals surface area contributed by atoms with Crippen molar-refractivity contribution < 1.29 is 9.59 Å². The highest BCUT2D eigenvalue weighted by Crippen LogP contribution is 2.28. The molecule has 1 fully saturated rings. The Hall–Kier alpha value is -3.14. The van der Waals surface area contributed by atoms with Crippen molar-refractivity contribution in [1.29, 1.82) is 0 Å². The van der Waals surface area contributed by atoms with E-state index in [4.69, 9.17) is 11.6 Å². The van der Waals surface area contributed by atoms with Gasteiger partial charge in [0.05, 0.1) is 16.9 Å². The van der Waals surface area contributed by atoms with Crippen molar-refractivity contribution in [2.75, 3.05) is 30.3 Å². The summed E-state index contributed by atoms with van der Waals surface area (Å²) >= 11 is 7.38. The topological polar surface area (TPSA) is 100 Å². The van der Waals surface area contributed by atoms with Gasteiger partial charge in [-0.05, 0) is 57.5 Å². The molecule has 0 saturated carbocycles. The summed E-state index contributed by atoms with van der Waals surface area (Å²) in [6.07, 6.45) is 7.34. The molecular weight excluding hydrogens is 472 g/mol. The maximum atomic E-state index is 12.7. The molecular formula is C24H25ClN6O2S. The molecule has 0 spiro atoms. The number of benzene rings is 1. The number of nitrogens with one attached hydrogen (secondary N) is 2. The Morgan fingerprint density at radius 3 is 2.76 bits per heavy atom. The third-order valence-electron chi connectivity index (χ3n) is 5.35. The molecule has 1 amide bonds. The van der Waals surface area contributed by atoms with Gasteiger partial charge in [-0.25, -0.2) is 15.0 Å². The van der Waals surface area contributed by atoms with Crippen LogP contribution in [0.15, 0.2) is 42.6 Å². The molecule has 4 rings (SSSR count). The highest BCUT2D eigenvalue weighted by Gasteiger charge is 2.15. The lowest BCUT2D eigenvalue weighted by molar-refractivity contribution is 0.102. The number of likely N-dealkylation sites (tertiary alicyclic amines) is 1. The molecule has 1 aliphatic heterocycles. The van der Waals surface area contributed by atoms with Crippen LogP contribution >= 0.6 is 22.9 Å². The van der Waals surface area contributed by atoms with Crippen LogP contribution in [-0.4, -0.2) is 51.2 Å². The van der Waals surface area contributed by atoms with Gasteiger partial charge in [-0.2, -0.15) is 0 Å². The summed E-state index contributed by atoms with van der Waals surface area (Å²) in [5.74, 6) is 0.416. The van der Waals surface area contributed by atoms with Gasteiger partial charge in [-0.1, -0.05) is 41.1 Å². The third-order valence-corrected chi connectivity index (χ3v) is 6.57. The lowest BCUT2D eigenvalue weighted by atomic mass is 10.2. The zero-order chi connectivity index (χ0) is 24.1. The van der Waals surface area contributed by atoms with E-state index in [1.807, 2.05) is 25.1 Å². The van der Waals surface area contributed by atoms with Crippen LogP contribution in [0.3, 0.4) is 0 Å². The van der Waals surface area contributed by atoms with E-state index in [1.165, 1.54) is 30.4 Å². The molecule has 1 saturated heterocycles. The average molecular weight is 497 g/mol. The minimum absolute atomic E-state index is 0.179. The van der Waals surface area contributed by atoms with Crippen LogP contribution in [0.1, 0.15) is 44.4 Å². The predicted octanol–water partition coefficient (Wildman–Crippen LogP) is 5.03. The number of carbonyl (C=O) groups is 2. The minimum Gasteiger partial charge on any atom is -0.320 e. The van der Waals surface area contributed by atoms with E-state index in [9.17, 15) is 9.59 Å². The van der Waals surface area contributed by atoms with Crippen molar-refractivity contribution >= 4 is 51.3 Å². The van der Waals surface area contributed by atoms with E-state index < -0.39 is 0 Å². The quantitative estimate of drug-likeness (QED) is 0.333. The molecule has 1 aliphatic rings. The first-order valence-corrected chi connectivity index (χ1v) is 12.2. The number of allylic oxidation sites excluding steroid dienone is 1. The number of halogens is 1. The lowest BCUT2D eigenvalue weighted by Crippen LogP contribution is -2.19. The van der Waals surface area contributed by atoms with Gasteiger partial charge in [-0.3, -0.25) is 14.5 Å². The van der Waals surface area contributed by atoms with Crippen molar-refractivity contribution in [3.05, 3.63) is 69.6 Å². The molecule has 0 bridgehead atoms. The molecule has 3 heterocycles. The Balaban J connectivity index is 1.42. The van der Waals surface area contributed by atoms with Gasteiger partial charge in [0.2, 0.25) is 5.78 Å². The number of rotatable bonds is 8. The van der Waals surface area contributed by atoms with E-state index >= 15 is 0 Å². The second kappa shape index (κ2) is 10.9. The molecule has 0 radical (unpaired) electrons. The van der Waals surface area contributed by atoms with Crippen molar-refractivity contribution in [3.8, 4) is 0 Å². The van der Waals surface area contributed by atoms with Crippen molar-refractivity contribution in [2.45, 2.75) is 26.7 Å². The standard InChI is InChI=1S/C24H25ClN6O2S/c1-15-7-5-8-17(25)22(15)30-23(33)20-14-26-24(34-20)29-21-13-18(27-16(2)28-21)19(32)9-6-12-31-10-3-4-11-31/h5-9,13-14H,3-4,10-12H2,1-2H3,(H,30,33)(H,26,27,28,29)/b9-6+. The fourth-order valence-corrected chi connectivity index (χ4v) is 4.62. The summed E-state index contributed by atoms with van der Waals surface area (Å²) < 4.78 is 0. The zero-order valence-electron chi connectivity index (χ0n) is 19.0. The maximum absolute atomic E-state index is 12.7. The molecule has 2 aromatic heterocycles. The highest BCUT2D eigenvalue weighted by atomic mass is 35.5. The highest BCUT2D eigenvalue weighted by molar-refractivity contribution is 7.17. The Bertz CT molecular complexity index is 1220. The molecule has 0 aliphatic carbocycles. The first-order valence-electron chi connectivity index (χ1n) is 11.0. The van der Waals surface area contributed by atoms with Crippen LogP contribution in [0.25, 0.3) is 0 Å². The number of hydrogen-bond acceptors (Lipinski definition) is 8. The number of thiazole rings is 1. The number of para-hydroxylation sites is 1. The average Bonchev–Trinajstić information content (AvgIpc) is 3.48. The van der Waals surface area contributed by atoms with Gasteiger partial charge in [-0.15, -0.1) is 0 Å². The summed E-state index contributed by atoms with van der Waals surface area (Å²) in [6.45, 7) is 6.51. The Kier molecular flexibility index (Phi) is 7.66. The Morgan fingerprint density at radius 1 is 1.21 bits per heavy atom. The largest absolute Gasteiger partial charge is 0.320 e. The van der Waals surface area contributed by atoms with Crippen LogP contribution < -0.4 is 10.6 Å². The van der Waals surface area contributed by atoms with Crippen molar-refractivity contribution in [3.63, 3.8) is 0 Å². The van der Waals surface area contributed by atoms with Gasteiger partial charge in [0.25, 0.3) is 5.91 Å². The Labute approximate surface area is 207 Å². The van der Waals surface area contributed by atoms with Crippen LogP contribution in [-0.2, 0) is 0 Å². The van der Waals surface area contributed by atoms with E-state index in [2.05, 4.69) is 30.5 Å². The maximum Gasteiger partial charge on any atom is 0.267 e. The summed E-state index contributed by atoms with van der Waals surface area (Å²) in [5, 5.41) is 6.85. The van der Waals surface area contributed by atoms with Crippen LogP contribution in [0.5, 0.6) is 0 Å². The normalized spacial score (nSPS) is 14.0. The number of ketones is 1. The third kappa shape index (κ3) is 6.05. The number of hydrogen-bond donors (Lipinski definition) is 2. The van der Waals surface area contributed by atoms with Crippen LogP contribution in [0.2, 0.25) is 5.02 Å². The van der Waals surface area contributed by atoms with Crippen LogP contribution in [0.4, 0.5) is 16.6 Å². The summed E-state index contributed by atoms with van der Waals surface area (Å²) in [6, 6.07) is 7.01. The summed E-state index contributed by atoms with van der Waals surface area (Å²) in [7, 11) is 0. The van der Waals surface area contributed by atoms with E-state index in [0.717, 1.165) is 25.2 Å². The van der Waals surface area contributed by atoms with Gasteiger partial charge in [0.1, 0.15) is 22.2 Å². The number of anilines is 3. The second-order valence-electron chi connectivity index (χ2n) is 8.00. The van der Waals surface area contributed by atoms with Crippen molar-refractivity contribution in [1.82, 2.24) is 19.9 Å². The fourth-order valence-electron chi connectivity index (χ4n) is 3.63. The number of carbonyl (C=O) groups excluding carboxylic acids is 2. The fraction of sp³-hybridized carbons (Fsp3) is 0.292. The second-order valence-corrected chi connectivity index (χ2v) is 9.44. The minimum atomic E-state index is -0.306. The summed E-state index contributed by atoms with van der Waals surface area (Å²) in [5.41, 5.74) is 1.74. The molecule has 0 atom stereocenters. The predicted molar refractivity (Wildman–Crippen MR) is 135 cm³/mol. The SMILES string of the molecule is Cc1nc(Nc2ncc(C(=O)Nc3c(C)cccc3Cl)s2)cc(C(=O)/C=C/CN2CCCC2)n1. The molecule has 0 unspecified atom stereocenters. The smallest absolute Gasteiger partial charge is 0.267 e. The number of aryl methyl sites for hydroxylation is 2. The lowest BCUT2D eigenvalue weighted by Gasteiger charge is -2.10. The molecule has 34 heavy (non-hydrogen) atoms. The molecule has 3 aromatic rings. The van der Waals surface area contributed by atoms with Gasteiger partial charge < -0.3 is 10.6 Å². The number of aromatic nitrogens is 3. The monoisotopic (exact) mass is 496 g/mol. The van der Waals surface area contributed by atoms with E-state index in [1.54, 1.807) is 25.1 Å². The first-order chi connectivity index (χ1) is 16.4. The van der Waals surface area contributed by atoms with E-state index in [-0.39, 0.29) is 11.7 Å². The van der Waals surface area contributed by atoms with Gasteiger partial charge in [0.15, 0.2) is 5.13 Å². The van der Waals surface area contributed by atoms with Crippen molar-refractivity contribution in [2.24, 2.45) is 0 Å². The zero-order valence-corrected chi connectivity index (χ0v) is 20.5. The molecule has 176 valence electrons. The van der Waals surface area contributed by atoms with Gasteiger partial charge in [0, 0.05) is 12.6 Å². The van der Waals surface area contributed by atoms with Crippen LogP contribution in [0, 0.1) is 13.8 Å². The van der Waals surface area contributed by atoms with Gasteiger partial charge >= 0.3 is 0 Å². The Morgan fingerprint density at radius 2 is 2.00 bits per heavy atom.